The van der Waals surface area contributed by atoms with Crippen molar-refractivity contribution in [3.05, 3.63) is 81.6 Å². The highest BCUT2D eigenvalue weighted by Gasteiger charge is 2.22. The summed E-state index contributed by atoms with van der Waals surface area (Å²) in [5.74, 6) is -0.0258. The van der Waals surface area contributed by atoms with Gasteiger partial charge >= 0.3 is 0 Å². The van der Waals surface area contributed by atoms with E-state index in [1.165, 1.54) is 0 Å². The minimum atomic E-state index is -0.0258. The third-order valence-corrected chi connectivity index (χ3v) is 5.46. The Balaban J connectivity index is 1.78. The fourth-order valence-corrected chi connectivity index (χ4v) is 3.58. The molecule has 1 heterocycles. The lowest BCUT2D eigenvalue weighted by atomic mass is 10.1. The average molecular weight is 411 g/mol. The van der Waals surface area contributed by atoms with Gasteiger partial charge in [-0.1, -0.05) is 41.9 Å². The van der Waals surface area contributed by atoms with Crippen LogP contribution in [-0.2, 0) is 13.1 Å². The van der Waals surface area contributed by atoms with E-state index in [1.54, 1.807) is 4.90 Å². The lowest BCUT2D eigenvalue weighted by Gasteiger charge is -2.19. The van der Waals surface area contributed by atoms with Crippen LogP contribution < -0.4 is 4.90 Å². The summed E-state index contributed by atoms with van der Waals surface area (Å²) in [7, 11) is 5.85. The summed E-state index contributed by atoms with van der Waals surface area (Å²) in [6, 6.07) is 15.9. The van der Waals surface area contributed by atoms with E-state index < -0.39 is 0 Å². The average Bonchev–Trinajstić information content (AvgIpc) is 2.96. The van der Waals surface area contributed by atoms with E-state index in [2.05, 4.69) is 34.3 Å². The predicted molar refractivity (Wildman–Crippen MR) is 119 cm³/mol. The van der Waals surface area contributed by atoms with Crippen LogP contribution in [0.2, 0.25) is 5.02 Å². The van der Waals surface area contributed by atoms with Crippen molar-refractivity contribution < 1.29 is 4.79 Å². The predicted octanol–water partition coefficient (Wildman–Crippen LogP) is 4.54. The van der Waals surface area contributed by atoms with E-state index in [-0.39, 0.29) is 5.91 Å². The van der Waals surface area contributed by atoms with Gasteiger partial charge in [0.2, 0.25) is 0 Å². The number of amides is 1. The molecular weight excluding hydrogens is 384 g/mol. The Bertz CT molecular complexity index is 1010. The molecule has 0 N–H and O–H groups in total. The number of halogens is 1. The van der Waals surface area contributed by atoms with Crippen LogP contribution in [0.15, 0.2) is 48.5 Å². The largest absolute Gasteiger partial charge is 0.378 e. The number of benzene rings is 2. The van der Waals surface area contributed by atoms with Gasteiger partial charge in [-0.2, -0.15) is 5.10 Å². The second kappa shape index (κ2) is 8.70. The molecule has 0 spiro atoms. The highest BCUT2D eigenvalue weighted by Crippen LogP contribution is 2.21. The molecule has 5 nitrogen and oxygen atoms in total. The van der Waals surface area contributed by atoms with E-state index in [0.717, 1.165) is 28.2 Å². The van der Waals surface area contributed by atoms with Crippen molar-refractivity contribution >= 4 is 23.2 Å². The standard InChI is InChI=1S/C23H27ClN4O/c1-16-22(17(2)28(25-16)15-19-8-6-7-9-21(19)24)23(29)27(5)14-18-10-12-20(13-11-18)26(3)4/h6-13H,14-15H2,1-5H3. The van der Waals surface area contributed by atoms with Gasteiger partial charge in [0.1, 0.15) is 0 Å². The minimum Gasteiger partial charge on any atom is -0.378 e. The van der Waals surface area contributed by atoms with Gasteiger partial charge in [-0.25, -0.2) is 0 Å². The Labute approximate surface area is 177 Å². The zero-order valence-corrected chi connectivity index (χ0v) is 18.4. The van der Waals surface area contributed by atoms with Gasteiger partial charge < -0.3 is 9.80 Å². The molecule has 0 aliphatic heterocycles. The fraction of sp³-hybridized carbons (Fsp3) is 0.304. The Morgan fingerprint density at radius 1 is 1.03 bits per heavy atom. The van der Waals surface area contributed by atoms with Gasteiger partial charge in [-0.3, -0.25) is 9.48 Å². The van der Waals surface area contributed by atoms with Crippen LogP contribution in [0.5, 0.6) is 0 Å². The molecule has 1 aromatic heterocycles. The molecular formula is C23H27ClN4O. The van der Waals surface area contributed by atoms with Gasteiger partial charge in [-0.05, 0) is 43.2 Å². The van der Waals surface area contributed by atoms with Crippen molar-refractivity contribution in [2.45, 2.75) is 26.9 Å². The molecule has 0 atom stereocenters. The molecule has 0 radical (unpaired) electrons. The summed E-state index contributed by atoms with van der Waals surface area (Å²) in [5, 5.41) is 5.29. The molecule has 0 bridgehead atoms. The lowest BCUT2D eigenvalue weighted by molar-refractivity contribution is 0.0783. The van der Waals surface area contributed by atoms with Crippen LogP contribution in [0.4, 0.5) is 5.69 Å². The number of hydrogen-bond acceptors (Lipinski definition) is 3. The van der Waals surface area contributed by atoms with E-state index in [1.807, 2.05) is 63.9 Å². The Kier molecular flexibility index (Phi) is 6.28. The number of rotatable bonds is 6. The van der Waals surface area contributed by atoms with Crippen LogP contribution in [0.25, 0.3) is 0 Å². The van der Waals surface area contributed by atoms with Gasteiger partial charge in [0.25, 0.3) is 5.91 Å². The van der Waals surface area contributed by atoms with Crippen LogP contribution >= 0.6 is 11.6 Å². The topological polar surface area (TPSA) is 41.4 Å². The summed E-state index contributed by atoms with van der Waals surface area (Å²) in [4.78, 5) is 16.9. The summed E-state index contributed by atoms with van der Waals surface area (Å²) in [6.45, 7) is 4.89. The van der Waals surface area contributed by atoms with E-state index in [4.69, 9.17) is 11.6 Å². The quantitative estimate of drug-likeness (QED) is 0.599. The molecule has 0 aliphatic carbocycles. The molecule has 2 aromatic carbocycles. The monoisotopic (exact) mass is 410 g/mol. The van der Waals surface area contributed by atoms with Crippen molar-refractivity contribution in [1.29, 1.82) is 0 Å². The molecule has 0 aliphatic rings. The molecule has 3 rings (SSSR count). The Hall–Kier alpha value is -2.79. The summed E-state index contributed by atoms with van der Waals surface area (Å²) in [5.41, 5.74) is 5.44. The number of hydrogen-bond donors (Lipinski definition) is 0. The van der Waals surface area contributed by atoms with E-state index >= 15 is 0 Å². The fourth-order valence-electron chi connectivity index (χ4n) is 3.38. The number of aryl methyl sites for hydroxylation is 1. The molecule has 152 valence electrons. The van der Waals surface area contributed by atoms with Crippen molar-refractivity contribution in [2.24, 2.45) is 0 Å². The minimum absolute atomic E-state index is 0.0258. The number of carbonyl (C=O) groups excluding carboxylic acids is 1. The summed E-state index contributed by atoms with van der Waals surface area (Å²) < 4.78 is 1.85. The zero-order chi connectivity index (χ0) is 21.1. The third-order valence-electron chi connectivity index (χ3n) is 5.09. The molecule has 1 amide bonds. The molecule has 6 heteroatoms. The first-order chi connectivity index (χ1) is 13.8. The van der Waals surface area contributed by atoms with Gasteiger partial charge in [0, 0.05) is 44.1 Å². The zero-order valence-electron chi connectivity index (χ0n) is 17.6. The smallest absolute Gasteiger partial charge is 0.257 e. The molecule has 0 fully saturated rings. The Morgan fingerprint density at radius 3 is 2.31 bits per heavy atom. The van der Waals surface area contributed by atoms with Crippen LogP contribution in [-0.4, -0.2) is 41.7 Å². The maximum absolute atomic E-state index is 13.1. The van der Waals surface area contributed by atoms with Crippen molar-refractivity contribution in [3.63, 3.8) is 0 Å². The van der Waals surface area contributed by atoms with Gasteiger partial charge in [0.15, 0.2) is 0 Å². The van der Waals surface area contributed by atoms with E-state index in [9.17, 15) is 4.79 Å². The first-order valence-electron chi connectivity index (χ1n) is 9.57. The number of nitrogens with zero attached hydrogens (tertiary/aromatic N) is 4. The molecule has 0 saturated carbocycles. The second-order valence-electron chi connectivity index (χ2n) is 7.52. The highest BCUT2D eigenvalue weighted by molar-refractivity contribution is 6.31. The second-order valence-corrected chi connectivity index (χ2v) is 7.92. The Morgan fingerprint density at radius 2 is 1.69 bits per heavy atom. The normalized spacial score (nSPS) is 10.8. The summed E-state index contributed by atoms with van der Waals surface area (Å²) in [6.07, 6.45) is 0. The van der Waals surface area contributed by atoms with Gasteiger partial charge in [-0.15, -0.1) is 0 Å². The number of aromatic nitrogens is 2. The number of anilines is 1. The van der Waals surface area contributed by atoms with Crippen LogP contribution in [0, 0.1) is 13.8 Å². The molecule has 0 saturated heterocycles. The first-order valence-corrected chi connectivity index (χ1v) is 9.95. The molecule has 0 unspecified atom stereocenters. The van der Waals surface area contributed by atoms with Crippen molar-refractivity contribution in [3.8, 4) is 0 Å². The lowest BCUT2D eigenvalue weighted by Crippen LogP contribution is -2.27. The van der Waals surface area contributed by atoms with Crippen molar-refractivity contribution in [2.75, 3.05) is 26.0 Å². The molecule has 29 heavy (non-hydrogen) atoms. The third kappa shape index (κ3) is 4.62. The SMILES string of the molecule is Cc1nn(Cc2ccccc2Cl)c(C)c1C(=O)N(C)Cc1ccc(N(C)C)cc1. The van der Waals surface area contributed by atoms with Crippen molar-refractivity contribution in [1.82, 2.24) is 14.7 Å². The molecule has 3 aromatic rings. The first kappa shape index (κ1) is 20.9. The van der Waals surface area contributed by atoms with Gasteiger partial charge in [0.05, 0.1) is 17.8 Å². The van der Waals surface area contributed by atoms with E-state index in [0.29, 0.717) is 23.7 Å². The highest BCUT2D eigenvalue weighted by atomic mass is 35.5. The summed E-state index contributed by atoms with van der Waals surface area (Å²) >= 11 is 6.29. The van der Waals surface area contributed by atoms with Crippen LogP contribution in [0.3, 0.4) is 0 Å². The maximum atomic E-state index is 13.1. The van der Waals surface area contributed by atoms with Crippen LogP contribution in [0.1, 0.15) is 32.9 Å². The maximum Gasteiger partial charge on any atom is 0.257 e. The number of carbonyl (C=O) groups is 1.